The molecular weight excluding hydrogens is 364 g/mol. The van der Waals surface area contributed by atoms with Gasteiger partial charge in [-0.05, 0) is 54.8 Å². The maximum absolute atomic E-state index is 6.01. The van der Waals surface area contributed by atoms with Gasteiger partial charge < -0.3 is 19.5 Å². The summed E-state index contributed by atoms with van der Waals surface area (Å²) in [6, 6.07) is 15.5. The Morgan fingerprint density at radius 1 is 1.03 bits per heavy atom. The molecule has 2 aromatic carbocycles. The van der Waals surface area contributed by atoms with Crippen molar-refractivity contribution in [3.05, 3.63) is 59.2 Å². The minimum atomic E-state index is 0.619. The van der Waals surface area contributed by atoms with Crippen LogP contribution in [-0.2, 0) is 24.2 Å². The van der Waals surface area contributed by atoms with Crippen LogP contribution in [0.1, 0.15) is 29.5 Å². The molecule has 0 spiro atoms. The Balaban J connectivity index is 1.20. The van der Waals surface area contributed by atoms with Crippen LogP contribution < -0.4 is 14.8 Å². The molecule has 0 bridgehead atoms. The number of fused-ring (bicyclic) bond motifs is 1. The maximum Gasteiger partial charge on any atom is 0.122 e. The molecule has 0 unspecified atom stereocenters. The van der Waals surface area contributed by atoms with Crippen molar-refractivity contribution in [2.75, 3.05) is 40.0 Å². The predicted octanol–water partition coefficient (Wildman–Crippen LogP) is 3.40. The maximum atomic E-state index is 6.01. The Labute approximate surface area is 174 Å². The molecule has 29 heavy (non-hydrogen) atoms. The lowest BCUT2D eigenvalue weighted by Gasteiger charge is -2.31. The minimum absolute atomic E-state index is 0.619. The van der Waals surface area contributed by atoms with E-state index in [9.17, 15) is 0 Å². The fraction of sp³-hybridized carbons (Fsp3) is 0.500. The third-order valence-electron chi connectivity index (χ3n) is 5.84. The van der Waals surface area contributed by atoms with Crippen LogP contribution in [0.25, 0.3) is 0 Å². The third kappa shape index (κ3) is 5.72. The minimum Gasteiger partial charge on any atom is -0.493 e. The first-order valence-corrected chi connectivity index (χ1v) is 10.7. The summed E-state index contributed by atoms with van der Waals surface area (Å²) < 4.78 is 17.0. The highest BCUT2D eigenvalue weighted by Crippen LogP contribution is 2.25. The Morgan fingerprint density at radius 3 is 2.72 bits per heavy atom. The molecule has 0 saturated carbocycles. The third-order valence-corrected chi connectivity index (χ3v) is 5.84. The monoisotopic (exact) mass is 396 g/mol. The van der Waals surface area contributed by atoms with Crippen molar-refractivity contribution < 1.29 is 14.2 Å². The summed E-state index contributed by atoms with van der Waals surface area (Å²) in [6.07, 6.45) is 3.26. The standard InChI is InChI=1S/C24H32N2O3/c1-26(22-8-11-27-12-9-22)10-14-28-23-4-2-3-19(16-23)17-25-18-20-5-6-24-21(15-20)7-13-29-24/h2-6,15-16,22,25H,7-14,17-18H2,1H3. The van der Waals surface area contributed by atoms with Crippen LogP contribution in [0.15, 0.2) is 42.5 Å². The summed E-state index contributed by atoms with van der Waals surface area (Å²) in [5.74, 6) is 1.99. The second kappa shape index (κ2) is 10.1. The Hall–Kier alpha value is -2.08. The van der Waals surface area contributed by atoms with Crippen LogP contribution in [0.5, 0.6) is 11.5 Å². The van der Waals surface area contributed by atoms with Crippen molar-refractivity contribution in [1.29, 1.82) is 0 Å². The Kier molecular flexibility index (Phi) is 7.04. The fourth-order valence-corrected chi connectivity index (χ4v) is 4.06. The summed E-state index contributed by atoms with van der Waals surface area (Å²) in [6.45, 7) is 5.90. The molecule has 4 rings (SSSR count). The first-order valence-electron chi connectivity index (χ1n) is 10.7. The smallest absolute Gasteiger partial charge is 0.122 e. The number of rotatable bonds is 9. The van der Waals surface area contributed by atoms with E-state index in [1.165, 1.54) is 16.7 Å². The highest BCUT2D eigenvalue weighted by atomic mass is 16.5. The SMILES string of the molecule is CN(CCOc1cccc(CNCc2ccc3c(c2)CCO3)c1)C1CCOCC1. The van der Waals surface area contributed by atoms with Gasteiger partial charge in [-0.15, -0.1) is 0 Å². The zero-order valence-electron chi connectivity index (χ0n) is 17.4. The summed E-state index contributed by atoms with van der Waals surface area (Å²) in [5, 5.41) is 3.54. The van der Waals surface area contributed by atoms with Crippen molar-refractivity contribution in [3.63, 3.8) is 0 Å². The van der Waals surface area contributed by atoms with E-state index in [2.05, 4.69) is 53.7 Å². The van der Waals surface area contributed by atoms with Crippen LogP contribution in [0, 0.1) is 0 Å². The number of nitrogens with one attached hydrogen (secondary N) is 1. The van der Waals surface area contributed by atoms with Crippen LogP contribution in [-0.4, -0.2) is 51.0 Å². The molecule has 2 heterocycles. The van der Waals surface area contributed by atoms with E-state index in [1.807, 2.05) is 6.07 Å². The van der Waals surface area contributed by atoms with E-state index in [1.54, 1.807) is 0 Å². The number of hydrogen-bond acceptors (Lipinski definition) is 5. The second-order valence-electron chi connectivity index (χ2n) is 7.96. The van der Waals surface area contributed by atoms with E-state index in [4.69, 9.17) is 14.2 Å². The molecule has 156 valence electrons. The zero-order chi connectivity index (χ0) is 19.9. The molecule has 0 aliphatic carbocycles. The van der Waals surface area contributed by atoms with Gasteiger partial charge in [-0.2, -0.15) is 0 Å². The van der Waals surface area contributed by atoms with Crippen molar-refractivity contribution in [2.45, 2.75) is 38.4 Å². The van der Waals surface area contributed by atoms with Crippen LogP contribution in [0.3, 0.4) is 0 Å². The van der Waals surface area contributed by atoms with Gasteiger partial charge >= 0.3 is 0 Å². The average Bonchev–Trinajstić information content (AvgIpc) is 3.23. The fourth-order valence-electron chi connectivity index (χ4n) is 4.06. The molecule has 0 radical (unpaired) electrons. The van der Waals surface area contributed by atoms with Crippen LogP contribution >= 0.6 is 0 Å². The Morgan fingerprint density at radius 2 is 1.86 bits per heavy atom. The van der Waals surface area contributed by atoms with Crippen molar-refractivity contribution >= 4 is 0 Å². The van der Waals surface area contributed by atoms with Gasteiger partial charge in [-0.1, -0.05) is 24.3 Å². The summed E-state index contributed by atoms with van der Waals surface area (Å²) in [4.78, 5) is 2.40. The molecule has 1 saturated heterocycles. The van der Waals surface area contributed by atoms with Crippen molar-refractivity contribution in [1.82, 2.24) is 10.2 Å². The van der Waals surface area contributed by atoms with Crippen molar-refractivity contribution in [3.8, 4) is 11.5 Å². The molecule has 1 fully saturated rings. The predicted molar refractivity (Wildman–Crippen MR) is 115 cm³/mol. The highest BCUT2D eigenvalue weighted by molar-refractivity contribution is 5.39. The molecule has 2 aliphatic rings. The summed E-state index contributed by atoms with van der Waals surface area (Å²) in [7, 11) is 2.19. The average molecular weight is 397 g/mol. The van der Waals surface area contributed by atoms with Gasteiger partial charge in [-0.25, -0.2) is 0 Å². The molecule has 2 aliphatic heterocycles. The summed E-state index contributed by atoms with van der Waals surface area (Å²) in [5.41, 5.74) is 3.87. The number of likely N-dealkylation sites (N-methyl/N-ethyl adjacent to an activating group) is 1. The molecular formula is C24H32N2O3. The summed E-state index contributed by atoms with van der Waals surface area (Å²) >= 11 is 0. The van der Waals surface area contributed by atoms with Crippen molar-refractivity contribution in [2.24, 2.45) is 0 Å². The first-order chi connectivity index (χ1) is 14.3. The number of hydrogen-bond donors (Lipinski definition) is 1. The molecule has 0 aromatic heterocycles. The zero-order valence-corrected chi connectivity index (χ0v) is 17.4. The molecule has 2 aromatic rings. The lowest BCUT2D eigenvalue weighted by atomic mass is 10.1. The molecule has 5 nitrogen and oxygen atoms in total. The number of ether oxygens (including phenoxy) is 3. The quantitative estimate of drug-likeness (QED) is 0.704. The van der Waals surface area contributed by atoms with Gasteiger partial charge in [0.2, 0.25) is 0 Å². The van der Waals surface area contributed by atoms with E-state index in [0.29, 0.717) is 12.6 Å². The number of benzene rings is 2. The van der Waals surface area contributed by atoms with Crippen LogP contribution in [0.4, 0.5) is 0 Å². The Bertz CT molecular complexity index is 789. The molecule has 0 amide bonds. The van der Waals surface area contributed by atoms with E-state index >= 15 is 0 Å². The van der Waals surface area contributed by atoms with Gasteiger partial charge in [0.1, 0.15) is 18.1 Å². The largest absolute Gasteiger partial charge is 0.493 e. The lowest BCUT2D eigenvalue weighted by Crippen LogP contribution is -2.38. The lowest BCUT2D eigenvalue weighted by molar-refractivity contribution is 0.0392. The van der Waals surface area contributed by atoms with Gasteiger partial charge in [-0.3, -0.25) is 4.90 Å². The van der Waals surface area contributed by atoms with E-state index < -0.39 is 0 Å². The first kappa shape index (κ1) is 20.2. The van der Waals surface area contributed by atoms with E-state index in [-0.39, 0.29) is 0 Å². The van der Waals surface area contributed by atoms with Gasteiger partial charge in [0.15, 0.2) is 0 Å². The molecule has 1 N–H and O–H groups in total. The molecule has 0 atom stereocenters. The van der Waals surface area contributed by atoms with E-state index in [0.717, 1.165) is 70.2 Å². The number of nitrogens with zero attached hydrogens (tertiary/aromatic N) is 1. The second-order valence-corrected chi connectivity index (χ2v) is 7.96. The van der Waals surface area contributed by atoms with Gasteiger partial charge in [0.05, 0.1) is 6.61 Å². The highest BCUT2D eigenvalue weighted by Gasteiger charge is 2.18. The molecule has 5 heteroatoms. The van der Waals surface area contributed by atoms with Gasteiger partial charge in [0, 0.05) is 45.3 Å². The van der Waals surface area contributed by atoms with Crippen LogP contribution in [0.2, 0.25) is 0 Å². The van der Waals surface area contributed by atoms with Gasteiger partial charge in [0.25, 0.3) is 0 Å². The normalized spacial score (nSPS) is 16.6. The topological polar surface area (TPSA) is 43.0 Å².